The van der Waals surface area contributed by atoms with Gasteiger partial charge in [0.2, 0.25) is 11.8 Å². The topological polar surface area (TPSA) is 99.8 Å². The molecule has 8 heteroatoms. The maximum atomic E-state index is 12.8. The zero-order valence-corrected chi connectivity index (χ0v) is 15.5. The quantitative estimate of drug-likeness (QED) is 0.723. The summed E-state index contributed by atoms with van der Waals surface area (Å²) in [6.07, 6.45) is 2.83. The second-order valence-electron chi connectivity index (χ2n) is 6.91. The summed E-state index contributed by atoms with van der Waals surface area (Å²) in [6.45, 7) is 2.82. The van der Waals surface area contributed by atoms with Gasteiger partial charge in [0.05, 0.1) is 11.9 Å². The fraction of sp³-hybridized carbons (Fsp3) is 0.300. The number of benzene rings is 1. The summed E-state index contributed by atoms with van der Waals surface area (Å²) >= 11 is 0. The van der Waals surface area contributed by atoms with Crippen LogP contribution < -0.4 is 5.32 Å². The highest BCUT2D eigenvalue weighted by Crippen LogP contribution is 2.24. The van der Waals surface area contributed by atoms with Crippen molar-refractivity contribution in [3.63, 3.8) is 0 Å². The Morgan fingerprint density at radius 3 is 2.57 bits per heavy atom. The fourth-order valence-electron chi connectivity index (χ4n) is 3.47. The molecule has 0 aliphatic carbocycles. The van der Waals surface area contributed by atoms with Crippen LogP contribution in [-0.2, 0) is 4.79 Å². The number of fused-ring (bicyclic) bond motifs is 1. The van der Waals surface area contributed by atoms with Crippen LogP contribution in [0.25, 0.3) is 16.9 Å². The molecule has 1 saturated heterocycles. The number of nitrogens with zero attached hydrogens (tertiary/aromatic N) is 4. The Morgan fingerprint density at radius 1 is 1.18 bits per heavy atom. The van der Waals surface area contributed by atoms with Crippen molar-refractivity contribution in [2.75, 3.05) is 13.1 Å². The molecular formula is C20H21N5O3. The summed E-state index contributed by atoms with van der Waals surface area (Å²) in [5.74, 6) is -0.313. The number of amides is 2. The van der Waals surface area contributed by atoms with Crippen molar-refractivity contribution in [1.82, 2.24) is 24.8 Å². The molecule has 0 radical (unpaired) electrons. The molecule has 2 N–H and O–H groups in total. The van der Waals surface area contributed by atoms with E-state index in [1.165, 1.54) is 16.8 Å². The lowest BCUT2D eigenvalue weighted by molar-refractivity contribution is -0.129. The van der Waals surface area contributed by atoms with E-state index in [9.17, 15) is 14.7 Å². The van der Waals surface area contributed by atoms with Crippen LogP contribution >= 0.6 is 0 Å². The molecule has 1 fully saturated rings. The molecule has 0 bridgehead atoms. The lowest BCUT2D eigenvalue weighted by Gasteiger charge is -2.31. The van der Waals surface area contributed by atoms with E-state index in [4.69, 9.17) is 0 Å². The predicted molar refractivity (Wildman–Crippen MR) is 103 cm³/mol. The second kappa shape index (κ2) is 7.30. The SMILES string of the molecule is CC(=O)N1CCC(NC(=O)c2cnn3c(O)cc(-c4ccccc4)nc23)CC1. The smallest absolute Gasteiger partial charge is 0.256 e. The van der Waals surface area contributed by atoms with E-state index in [0.717, 1.165) is 5.56 Å². The molecule has 2 aromatic heterocycles. The highest BCUT2D eigenvalue weighted by Gasteiger charge is 2.24. The van der Waals surface area contributed by atoms with Gasteiger partial charge in [0.15, 0.2) is 5.65 Å². The Hall–Kier alpha value is -3.42. The van der Waals surface area contributed by atoms with Gasteiger partial charge in [0, 0.05) is 37.7 Å². The number of rotatable bonds is 3. The van der Waals surface area contributed by atoms with Crippen LogP contribution in [0, 0.1) is 0 Å². The van der Waals surface area contributed by atoms with Gasteiger partial charge in [-0.2, -0.15) is 9.61 Å². The molecule has 1 aliphatic heterocycles. The van der Waals surface area contributed by atoms with Crippen molar-refractivity contribution in [3.8, 4) is 17.1 Å². The summed E-state index contributed by atoms with van der Waals surface area (Å²) < 4.78 is 1.25. The largest absolute Gasteiger partial charge is 0.493 e. The summed E-state index contributed by atoms with van der Waals surface area (Å²) in [5.41, 5.74) is 2.01. The number of hydrogen-bond donors (Lipinski definition) is 2. The Kier molecular flexibility index (Phi) is 4.68. The van der Waals surface area contributed by atoms with Gasteiger partial charge in [0.1, 0.15) is 5.56 Å². The zero-order chi connectivity index (χ0) is 19.7. The van der Waals surface area contributed by atoms with Crippen molar-refractivity contribution in [1.29, 1.82) is 0 Å². The third kappa shape index (κ3) is 3.40. The molecule has 28 heavy (non-hydrogen) atoms. The number of hydrogen-bond acceptors (Lipinski definition) is 5. The first-order chi connectivity index (χ1) is 13.5. The van der Waals surface area contributed by atoms with Crippen LogP contribution in [0.2, 0.25) is 0 Å². The fourth-order valence-corrected chi connectivity index (χ4v) is 3.47. The van der Waals surface area contributed by atoms with Gasteiger partial charge in [-0.25, -0.2) is 4.98 Å². The molecule has 2 amide bonds. The van der Waals surface area contributed by atoms with Crippen LogP contribution in [0.3, 0.4) is 0 Å². The minimum atomic E-state index is -0.284. The molecule has 0 unspecified atom stereocenters. The minimum absolute atomic E-state index is 0.0102. The van der Waals surface area contributed by atoms with Crippen LogP contribution in [0.5, 0.6) is 5.88 Å². The molecule has 3 aromatic rings. The normalized spacial score (nSPS) is 15.0. The third-order valence-electron chi connectivity index (χ3n) is 5.04. The summed E-state index contributed by atoms with van der Waals surface area (Å²) in [5, 5.41) is 17.4. The van der Waals surface area contributed by atoms with Crippen molar-refractivity contribution < 1.29 is 14.7 Å². The van der Waals surface area contributed by atoms with E-state index in [1.807, 2.05) is 30.3 Å². The molecule has 4 rings (SSSR count). The first-order valence-electron chi connectivity index (χ1n) is 9.22. The Balaban J connectivity index is 1.58. The van der Waals surface area contributed by atoms with Crippen molar-refractivity contribution in [3.05, 3.63) is 48.2 Å². The number of likely N-dealkylation sites (tertiary alicyclic amines) is 1. The second-order valence-corrected chi connectivity index (χ2v) is 6.91. The van der Waals surface area contributed by atoms with E-state index in [-0.39, 0.29) is 23.7 Å². The van der Waals surface area contributed by atoms with Gasteiger partial charge in [-0.15, -0.1) is 0 Å². The van der Waals surface area contributed by atoms with E-state index < -0.39 is 0 Å². The van der Waals surface area contributed by atoms with Gasteiger partial charge in [0.25, 0.3) is 5.91 Å². The number of nitrogens with one attached hydrogen (secondary N) is 1. The average Bonchev–Trinajstić information content (AvgIpc) is 3.14. The first-order valence-corrected chi connectivity index (χ1v) is 9.22. The molecule has 0 spiro atoms. The number of carbonyl (C=O) groups excluding carboxylic acids is 2. The third-order valence-corrected chi connectivity index (χ3v) is 5.04. The van der Waals surface area contributed by atoms with Crippen molar-refractivity contribution >= 4 is 17.5 Å². The van der Waals surface area contributed by atoms with E-state index in [0.29, 0.717) is 42.8 Å². The van der Waals surface area contributed by atoms with Gasteiger partial charge in [-0.1, -0.05) is 30.3 Å². The lowest BCUT2D eigenvalue weighted by Crippen LogP contribution is -2.46. The predicted octanol–water partition coefficient (Wildman–Crippen LogP) is 1.84. The Labute approximate surface area is 161 Å². The van der Waals surface area contributed by atoms with Crippen LogP contribution in [0.4, 0.5) is 0 Å². The molecule has 1 aliphatic rings. The van der Waals surface area contributed by atoms with Crippen LogP contribution in [0.1, 0.15) is 30.1 Å². The van der Waals surface area contributed by atoms with Gasteiger partial charge >= 0.3 is 0 Å². The van der Waals surface area contributed by atoms with Crippen LogP contribution in [0.15, 0.2) is 42.6 Å². The van der Waals surface area contributed by atoms with E-state index in [1.54, 1.807) is 11.8 Å². The number of aromatic nitrogens is 3. The average molecular weight is 379 g/mol. The van der Waals surface area contributed by atoms with Crippen molar-refractivity contribution in [2.45, 2.75) is 25.8 Å². The van der Waals surface area contributed by atoms with Crippen molar-refractivity contribution in [2.24, 2.45) is 0 Å². The van der Waals surface area contributed by atoms with Crippen LogP contribution in [-0.4, -0.2) is 55.6 Å². The summed E-state index contributed by atoms with van der Waals surface area (Å²) in [6, 6.07) is 11.0. The molecule has 3 heterocycles. The Morgan fingerprint density at radius 2 is 1.89 bits per heavy atom. The monoisotopic (exact) mass is 379 g/mol. The molecule has 8 nitrogen and oxygen atoms in total. The molecule has 0 atom stereocenters. The van der Waals surface area contributed by atoms with Gasteiger partial charge < -0.3 is 15.3 Å². The molecular weight excluding hydrogens is 358 g/mol. The number of piperidine rings is 1. The highest BCUT2D eigenvalue weighted by atomic mass is 16.3. The molecule has 144 valence electrons. The number of aromatic hydroxyl groups is 1. The summed E-state index contributed by atoms with van der Waals surface area (Å²) in [4.78, 5) is 30.6. The van der Waals surface area contributed by atoms with E-state index >= 15 is 0 Å². The van der Waals surface area contributed by atoms with E-state index in [2.05, 4.69) is 15.4 Å². The minimum Gasteiger partial charge on any atom is -0.493 e. The standard InChI is InChI=1S/C20H21N5O3/c1-13(26)24-9-7-15(8-10-24)22-20(28)16-12-21-25-18(27)11-17(23-19(16)25)14-5-3-2-4-6-14/h2-6,11-12,15,27H,7-10H2,1H3,(H,22,28). The maximum absolute atomic E-state index is 12.8. The molecule has 1 aromatic carbocycles. The Bertz CT molecular complexity index is 1020. The molecule has 0 saturated carbocycles. The summed E-state index contributed by atoms with van der Waals surface area (Å²) in [7, 11) is 0. The zero-order valence-electron chi connectivity index (χ0n) is 15.5. The maximum Gasteiger partial charge on any atom is 0.256 e. The van der Waals surface area contributed by atoms with Gasteiger partial charge in [-0.3, -0.25) is 9.59 Å². The highest BCUT2D eigenvalue weighted by molar-refractivity contribution is 6.00. The first kappa shape index (κ1) is 18.0. The van der Waals surface area contributed by atoms with Gasteiger partial charge in [-0.05, 0) is 12.8 Å². The number of carbonyl (C=O) groups is 2. The lowest BCUT2D eigenvalue weighted by atomic mass is 10.0.